The van der Waals surface area contributed by atoms with E-state index in [-0.39, 0.29) is 5.41 Å². The van der Waals surface area contributed by atoms with Crippen LogP contribution in [0.3, 0.4) is 0 Å². The van der Waals surface area contributed by atoms with Crippen LogP contribution in [0.25, 0.3) is 0 Å². The van der Waals surface area contributed by atoms with Crippen LogP contribution in [0, 0.1) is 5.92 Å². The summed E-state index contributed by atoms with van der Waals surface area (Å²) in [4.78, 5) is 0. The quantitative estimate of drug-likeness (QED) is 0.357. The summed E-state index contributed by atoms with van der Waals surface area (Å²) in [5, 5.41) is 2.58. The highest BCUT2D eigenvalue weighted by Crippen LogP contribution is 2.33. The van der Waals surface area contributed by atoms with Gasteiger partial charge < -0.3 is 4.74 Å². The minimum Gasteiger partial charge on any atom is -0.381 e. The summed E-state index contributed by atoms with van der Waals surface area (Å²) in [5.41, 5.74) is 1.35. The van der Waals surface area contributed by atoms with Gasteiger partial charge in [-0.1, -0.05) is 69.4 Å². The van der Waals surface area contributed by atoms with Crippen LogP contribution in [0.5, 0.6) is 0 Å². The second-order valence-corrected chi connectivity index (χ2v) is 7.16. The van der Waals surface area contributed by atoms with Crippen LogP contribution in [0.1, 0.15) is 32.3 Å². The fourth-order valence-corrected chi connectivity index (χ4v) is 4.22. The lowest BCUT2D eigenvalue weighted by Crippen LogP contribution is -2.32. The molecule has 0 radical (unpaired) electrons. The standard InChI is InChI=1S/C16H23Br2ClO/c1-13(2)7-9-20-10-8-16(11-17,12-18)14-3-5-15(19)6-4-14/h3-6,13H,7-12H2,1-2H3. The Labute approximate surface area is 144 Å². The molecule has 4 heteroatoms. The third-order valence-electron chi connectivity index (χ3n) is 3.53. The molecule has 1 nitrogen and oxygen atoms in total. The van der Waals surface area contributed by atoms with E-state index < -0.39 is 0 Å². The van der Waals surface area contributed by atoms with Crippen molar-refractivity contribution in [3.63, 3.8) is 0 Å². The fraction of sp³-hybridized carbons (Fsp3) is 0.625. The van der Waals surface area contributed by atoms with Gasteiger partial charge in [-0.25, -0.2) is 0 Å². The molecule has 0 aromatic heterocycles. The molecule has 0 amide bonds. The van der Waals surface area contributed by atoms with Gasteiger partial charge in [0, 0.05) is 34.3 Å². The summed E-state index contributed by atoms with van der Waals surface area (Å²) in [5.74, 6) is 0.698. The average molecular weight is 427 g/mol. The molecule has 0 saturated carbocycles. The predicted molar refractivity (Wildman–Crippen MR) is 95.6 cm³/mol. The minimum absolute atomic E-state index is 0.0580. The van der Waals surface area contributed by atoms with Crippen molar-refractivity contribution in [2.45, 2.75) is 32.1 Å². The van der Waals surface area contributed by atoms with Gasteiger partial charge in [-0.3, -0.25) is 0 Å². The Morgan fingerprint density at radius 3 is 2.20 bits per heavy atom. The summed E-state index contributed by atoms with van der Waals surface area (Å²) in [6.07, 6.45) is 2.11. The first-order valence-electron chi connectivity index (χ1n) is 7.00. The number of hydrogen-bond acceptors (Lipinski definition) is 1. The fourth-order valence-electron chi connectivity index (χ4n) is 1.96. The van der Waals surface area contributed by atoms with E-state index >= 15 is 0 Å². The van der Waals surface area contributed by atoms with E-state index in [9.17, 15) is 0 Å². The number of halogens is 3. The summed E-state index contributed by atoms with van der Waals surface area (Å²) in [7, 11) is 0. The number of rotatable bonds is 9. The monoisotopic (exact) mass is 424 g/mol. The van der Waals surface area contributed by atoms with Crippen LogP contribution in [0.15, 0.2) is 24.3 Å². The Bertz CT molecular complexity index is 375. The predicted octanol–water partition coefficient (Wildman–Crippen LogP) is 5.82. The van der Waals surface area contributed by atoms with Crippen LogP contribution < -0.4 is 0 Å². The molecule has 0 saturated heterocycles. The maximum atomic E-state index is 5.98. The minimum atomic E-state index is 0.0580. The summed E-state index contributed by atoms with van der Waals surface area (Å²) < 4.78 is 5.78. The molecule has 0 fully saturated rings. The zero-order chi connectivity index (χ0) is 15.0. The molecule has 1 aromatic rings. The Morgan fingerprint density at radius 2 is 1.70 bits per heavy atom. The van der Waals surface area contributed by atoms with E-state index in [2.05, 4.69) is 57.8 Å². The maximum absolute atomic E-state index is 5.98. The Balaban J connectivity index is 2.60. The zero-order valence-corrected chi connectivity index (χ0v) is 16.1. The molecule has 1 rings (SSSR count). The van der Waals surface area contributed by atoms with Gasteiger partial charge in [-0.15, -0.1) is 0 Å². The Morgan fingerprint density at radius 1 is 1.10 bits per heavy atom. The SMILES string of the molecule is CC(C)CCOCCC(CBr)(CBr)c1ccc(Cl)cc1. The number of alkyl halides is 2. The van der Waals surface area contributed by atoms with Crippen LogP contribution in [0.2, 0.25) is 5.02 Å². The van der Waals surface area contributed by atoms with Gasteiger partial charge in [0.05, 0.1) is 0 Å². The topological polar surface area (TPSA) is 9.23 Å². The molecule has 0 spiro atoms. The molecule has 0 aliphatic heterocycles. The van der Waals surface area contributed by atoms with E-state index in [1.165, 1.54) is 5.56 Å². The molecule has 0 aliphatic rings. The van der Waals surface area contributed by atoms with E-state index in [1.807, 2.05) is 12.1 Å². The van der Waals surface area contributed by atoms with Crippen molar-refractivity contribution in [1.82, 2.24) is 0 Å². The summed E-state index contributed by atoms with van der Waals surface area (Å²) in [6.45, 7) is 6.07. The van der Waals surface area contributed by atoms with E-state index in [0.717, 1.165) is 41.7 Å². The highest BCUT2D eigenvalue weighted by Gasteiger charge is 2.29. The highest BCUT2D eigenvalue weighted by molar-refractivity contribution is 9.09. The molecule has 0 unspecified atom stereocenters. The van der Waals surface area contributed by atoms with E-state index in [4.69, 9.17) is 16.3 Å². The van der Waals surface area contributed by atoms with Gasteiger partial charge in [0.15, 0.2) is 0 Å². The van der Waals surface area contributed by atoms with Crippen molar-refractivity contribution in [3.05, 3.63) is 34.9 Å². The molecular weight excluding hydrogens is 403 g/mol. The molecule has 0 heterocycles. The summed E-state index contributed by atoms with van der Waals surface area (Å²) in [6, 6.07) is 8.13. The Hall–Kier alpha value is 0.430. The second kappa shape index (κ2) is 9.45. The van der Waals surface area contributed by atoms with Crippen molar-refractivity contribution < 1.29 is 4.74 Å². The van der Waals surface area contributed by atoms with Gasteiger partial charge in [-0.05, 0) is 36.5 Å². The first kappa shape index (κ1) is 18.5. The lowest BCUT2D eigenvalue weighted by Gasteiger charge is -2.30. The molecule has 114 valence electrons. The van der Waals surface area contributed by atoms with Crippen LogP contribution in [0.4, 0.5) is 0 Å². The molecule has 0 atom stereocenters. The third-order valence-corrected chi connectivity index (χ3v) is 5.93. The molecule has 20 heavy (non-hydrogen) atoms. The molecule has 0 bridgehead atoms. The van der Waals surface area contributed by atoms with E-state index in [0.29, 0.717) is 5.92 Å². The van der Waals surface area contributed by atoms with Gasteiger partial charge >= 0.3 is 0 Å². The van der Waals surface area contributed by atoms with Crippen molar-refractivity contribution in [2.75, 3.05) is 23.9 Å². The molecule has 0 N–H and O–H groups in total. The molecule has 1 aromatic carbocycles. The molecule has 0 aliphatic carbocycles. The Kier molecular flexibility index (Phi) is 8.73. The third kappa shape index (κ3) is 5.67. The second-order valence-electron chi connectivity index (χ2n) is 5.60. The lowest BCUT2D eigenvalue weighted by molar-refractivity contribution is 0.110. The van der Waals surface area contributed by atoms with Gasteiger partial charge in [0.1, 0.15) is 0 Å². The highest BCUT2D eigenvalue weighted by atomic mass is 79.9. The zero-order valence-electron chi connectivity index (χ0n) is 12.2. The lowest BCUT2D eigenvalue weighted by atomic mass is 9.82. The van der Waals surface area contributed by atoms with Crippen LogP contribution >= 0.6 is 43.5 Å². The summed E-state index contributed by atoms with van der Waals surface area (Å²) >= 11 is 13.3. The smallest absolute Gasteiger partial charge is 0.0475 e. The van der Waals surface area contributed by atoms with Crippen molar-refractivity contribution in [1.29, 1.82) is 0 Å². The van der Waals surface area contributed by atoms with Gasteiger partial charge in [0.25, 0.3) is 0 Å². The maximum Gasteiger partial charge on any atom is 0.0475 e. The normalized spacial score (nSPS) is 12.1. The number of ether oxygens (including phenoxy) is 1. The molecular formula is C16H23Br2ClO. The largest absolute Gasteiger partial charge is 0.381 e. The van der Waals surface area contributed by atoms with Gasteiger partial charge in [-0.2, -0.15) is 0 Å². The average Bonchev–Trinajstić information content (AvgIpc) is 2.44. The first-order valence-corrected chi connectivity index (χ1v) is 9.62. The first-order chi connectivity index (χ1) is 9.54. The van der Waals surface area contributed by atoms with Crippen molar-refractivity contribution in [3.8, 4) is 0 Å². The number of benzene rings is 1. The van der Waals surface area contributed by atoms with Crippen LogP contribution in [-0.4, -0.2) is 23.9 Å². The van der Waals surface area contributed by atoms with Crippen molar-refractivity contribution >= 4 is 43.5 Å². The van der Waals surface area contributed by atoms with E-state index in [1.54, 1.807) is 0 Å². The van der Waals surface area contributed by atoms with Crippen LogP contribution in [-0.2, 0) is 10.2 Å². The van der Waals surface area contributed by atoms with Crippen molar-refractivity contribution in [2.24, 2.45) is 5.92 Å². The number of hydrogen-bond donors (Lipinski definition) is 0. The van der Waals surface area contributed by atoms with Gasteiger partial charge in [0.2, 0.25) is 0 Å².